The van der Waals surface area contributed by atoms with Crippen LogP contribution in [0.2, 0.25) is 5.15 Å². The normalized spacial score (nSPS) is 17.5. The second-order valence-electron chi connectivity index (χ2n) is 11.5. The van der Waals surface area contributed by atoms with Crippen LogP contribution in [-0.2, 0) is 17.1 Å². The van der Waals surface area contributed by atoms with Crippen molar-refractivity contribution in [2.24, 2.45) is 7.05 Å². The number of carbonyl (C=O) groups excluding carboxylic acids is 1. The van der Waals surface area contributed by atoms with Gasteiger partial charge in [-0.15, -0.1) is 0 Å². The summed E-state index contributed by atoms with van der Waals surface area (Å²) >= 11 is 6.04. The zero-order valence-electron chi connectivity index (χ0n) is 25.5. The maximum absolute atomic E-state index is 13.7. The summed E-state index contributed by atoms with van der Waals surface area (Å²) in [5, 5.41) is 12.9. The number of aryl methyl sites for hydroxylation is 1. The molecule has 1 aliphatic rings. The number of pyridine rings is 2. The Morgan fingerprint density at radius 2 is 1.96 bits per heavy atom. The van der Waals surface area contributed by atoms with E-state index in [1.165, 1.54) is 6.07 Å². The van der Waals surface area contributed by atoms with Crippen LogP contribution in [0.25, 0.3) is 10.9 Å². The van der Waals surface area contributed by atoms with Gasteiger partial charge in [-0.05, 0) is 69.5 Å². The van der Waals surface area contributed by atoms with Crippen molar-refractivity contribution in [3.8, 4) is 6.07 Å². The van der Waals surface area contributed by atoms with Gasteiger partial charge in [0.05, 0.1) is 34.5 Å². The molecule has 4 aromatic rings. The first-order valence-electron chi connectivity index (χ1n) is 14.3. The highest BCUT2D eigenvalue weighted by atomic mass is 35.5. The number of fused-ring (bicyclic) bond motifs is 1. The topological polar surface area (TPSA) is 163 Å². The molecule has 1 saturated heterocycles. The maximum atomic E-state index is 13.7. The summed E-state index contributed by atoms with van der Waals surface area (Å²) < 4.78 is 27.0. The predicted molar refractivity (Wildman–Crippen MR) is 173 cm³/mol. The highest BCUT2D eigenvalue weighted by Gasteiger charge is 2.31. The van der Waals surface area contributed by atoms with E-state index in [1.807, 2.05) is 36.8 Å². The number of nitriles is 1. The Morgan fingerprint density at radius 3 is 2.60 bits per heavy atom. The van der Waals surface area contributed by atoms with Crippen molar-refractivity contribution in [1.82, 2.24) is 24.2 Å². The number of hydrogen-bond donors (Lipinski definition) is 2. The van der Waals surface area contributed by atoms with E-state index in [0.29, 0.717) is 28.8 Å². The fourth-order valence-corrected chi connectivity index (χ4v) is 6.47. The number of aromatic nitrogens is 4. The zero-order valence-corrected chi connectivity index (χ0v) is 27.1. The summed E-state index contributed by atoms with van der Waals surface area (Å²) in [6.07, 6.45) is 3.95. The van der Waals surface area contributed by atoms with Crippen LogP contribution in [-0.4, -0.2) is 52.7 Å². The minimum absolute atomic E-state index is 0.0147. The third-order valence-electron chi connectivity index (χ3n) is 7.99. The summed E-state index contributed by atoms with van der Waals surface area (Å²) in [6.45, 7) is 6.58. The number of hydrogen-bond acceptors (Lipinski definition) is 10. The van der Waals surface area contributed by atoms with Crippen LogP contribution >= 0.6 is 11.6 Å². The number of sulfonamides is 1. The van der Waals surface area contributed by atoms with E-state index < -0.39 is 22.0 Å². The second-order valence-corrected chi connectivity index (χ2v) is 13.6. The molecule has 1 aromatic carbocycles. The molecule has 5 rings (SSSR count). The molecule has 12 nitrogen and oxygen atoms in total. The van der Waals surface area contributed by atoms with Crippen molar-refractivity contribution in [3.63, 3.8) is 0 Å². The highest BCUT2D eigenvalue weighted by Crippen LogP contribution is 2.34. The smallest absolute Gasteiger partial charge is 0.285 e. The quantitative estimate of drug-likeness (QED) is 0.278. The molecular weight excluding hydrogens is 616 g/mol. The van der Waals surface area contributed by atoms with Crippen molar-refractivity contribution in [3.05, 3.63) is 86.3 Å². The van der Waals surface area contributed by atoms with Crippen LogP contribution in [0.3, 0.4) is 0 Å². The summed E-state index contributed by atoms with van der Waals surface area (Å²) in [4.78, 5) is 42.3. The van der Waals surface area contributed by atoms with Crippen molar-refractivity contribution < 1.29 is 13.2 Å². The van der Waals surface area contributed by atoms with Crippen LogP contribution in [0.5, 0.6) is 0 Å². The van der Waals surface area contributed by atoms with Crippen LogP contribution < -0.4 is 20.5 Å². The minimum Gasteiger partial charge on any atom is -0.377 e. The van der Waals surface area contributed by atoms with Gasteiger partial charge < -0.3 is 10.2 Å². The summed E-state index contributed by atoms with van der Waals surface area (Å²) in [5.41, 5.74) is 2.58. The number of nitrogens with zero attached hydrogens (tertiary/aromatic N) is 6. The average molecular weight is 649 g/mol. The lowest BCUT2D eigenvalue weighted by molar-refractivity contribution is 0.0977. The summed E-state index contributed by atoms with van der Waals surface area (Å²) in [6, 6.07) is 12.2. The molecular formula is C31H33ClN8O4S. The van der Waals surface area contributed by atoms with E-state index in [4.69, 9.17) is 21.8 Å². The van der Waals surface area contributed by atoms with E-state index in [-0.39, 0.29) is 34.1 Å². The van der Waals surface area contributed by atoms with Gasteiger partial charge in [-0.25, -0.2) is 28.1 Å². The van der Waals surface area contributed by atoms with Gasteiger partial charge in [-0.3, -0.25) is 14.2 Å². The molecule has 14 heteroatoms. The van der Waals surface area contributed by atoms with E-state index in [1.54, 1.807) is 29.9 Å². The monoisotopic (exact) mass is 648 g/mol. The number of benzene rings is 1. The lowest BCUT2D eigenvalue weighted by Gasteiger charge is -2.38. The average Bonchev–Trinajstić information content (AvgIpc) is 2.99. The lowest BCUT2D eigenvalue weighted by atomic mass is 9.90. The van der Waals surface area contributed by atoms with Crippen LogP contribution in [0.15, 0.2) is 47.4 Å². The maximum Gasteiger partial charge on any atom is 0.285 e. The van der Waals surface area contributed by atoms with E-state index in [0.717, 1.165) is 36.0 Å². The molecule has 3 aromatic heterocycles. The number of halogens is 1. The second kappa shape index (κ2) is 12.5. The molecule has 0 radical (unpaired) electrons. The molecule has 0 aliphatic carbocycles. The molecule has 3 atom stereocenters. The Balaban J connectivity index is 1.49. The molecule has 4 heterocycles. The first-order valence-corrected chi connectivity index (χ1v) is 16.6. The van der Waals surface area contributed by atoms with Crippen molar-refractivity contribution >= 4 is 49.9 Å². The Morgan fingerprint density at radius 1 is 1.20 bits per heavy atom. The molecule has 1 unspecified atom stereocenters. The van der Waals surface area contributed by atoms with Crippen LogP contribution in [0, 0.1) is 18.3 Å². The number of carbonyl (C=O) groups is 1. The fraction of sp³-hybridized carbons (Fsp3) is 0.355. The molecule has 0 bridgehead atoms. The van der Waals surface area contributed by atoms with Gasteiger partial charge in [0.1, 0.15) is 22.9 Å². The molecule has 1 aliphatic heterocycles. The molecule has 1 fully saturated rings. The van der Waals surface area contributed by atoms with Gasteiger partial charge in [0.25, 0.3) is 11.5 Å². The van der Waals surface area contributed by atoms with E-state index in [9.17, 15) is 18.0 Å². The van der Waals surface area contributed by atoms with Gasteiger partial charge >= 0.3 is 0 Å². The number of nitrogens with one attached hydrogen (secondary N) is 2. The Hall–Kier alpha value is -4.54. The summed E-state index contributed by atoms with van der Waals surface area (Å²) in [7, 11) is -2.09. The summed E-state index contributed by atoms with van der Waals surface area (Å²) in [5.74, 6) is 0.584. The lowest BCUT2D eigenvalue weighted by Crippen LogP contribution is -2.42. The van der Waals surface area contributed by atoms with Gasteiger partial charge in [-0.2, -0.15) is 5.26 Å². The molecule has 1 amide bonds. The molecule has 0 spiro atoms. The first kappa shape index (κ1) is 31.9. The third-order valence-corrected chi connectivity index (χ3v) is 8.76. The third kappa shape index (κ3) is 6.77. The van der Waals surface area contributed by atoms with Crippen molar-refractivity contribution in [1.29, 1.82) is 5.26 Å². The molecule has 234 valence electrons. The first-order chi connectivity index (χ1) is 21.3. The number of piperidine rings is 1. The van der Waals surface area contributed by atoms with Crippen LogP contribution in [0.1, 0.15) is 71.7 Å². The SMILES string of the molecule is Cc1cc([C@@H](C)Nc2ccc(Cl)nc2C(=O)NS(C)(=O)=O)c2nc(C3CCN(c4ccc(C#N)cn4)[C@H](C)C3)n(C)c(=O)c2c1. The van der Waals surface area contributed by atoms with Gasteiger partial charge in [0, 0.05) is 37.3 Å². The molecule has 0 saturated carbocycles. The largest absolute Gasteiger partial charge is 0.377 e. The van der Waals surface area contributed by atoms with Gasteiger partial charge in [0.15, 0.2) is 5.69 Å². The Kier molecular flexibility index (Phi) is 8.82. The zero-order chi connectivity index (χ0) is 32.6. The van der Waals surface area contributed by atoms with E-state index >= 15 is 0 Å². The van der Waals surface area contributed by atoms with E-state index in [2.05, 4.69) is 33.2 Å². The molecule has 2 N–H and O–H groups in total. The number of amides is 1. The van der Waals surface area contributed by atoms with Gasteiger partial charge in [-0.1, -0.05) is 17.7 Å². The number of anilines is 2. The predicted octanol–water partition coefficient (Wildman–Crippen LogP) is 4.19. The number of rotatable bonds is 7. The molecule has 45 heavy (non-hydrogen) atoms. The minimum atomic E-state index is -3.84. The Labute approximate surface area is 266 Å². The highest BCUT2D eigenvalue weighted by molar-refractivity contribution is 7.89. The fourth-order valence-electron chi connectivity index (χ4n) is 5.89. The van der Waals surface area contributed by atoms with Crippen LogP contribution in [0.4, 0.5) is 11.5 Å². The van der Waals surface area contributed by atoms with Crippen molar-refractivity contribution in [2.75, 3.05) is 23.0 Å². The van der Waals surface area contributed by atoms with Gasteiger partial charge in [0.2, 0.25) is 10.0 Å². The standard InChI is InChI=1S/C31H33ClN8O4S/c1-17-12-22(19(3)35-24-7-8-25(32)36-28(24)30(41)38-45(5,43)44)27-23(13-17)31(42)39(4)29(37-27)21-10-11-40(18(2)14-21)26-9-6-20(15-33)16-34-26/h6-9,12-13,16,18-19,21,35H,10-11,14H2,1-5H3,(H,38,41)/t18-,19-,21?/m1/s1. The Bertz CT molecular complexity index is 2010. The van der Waals surface area contributed by atoms with Crippen molar-refractivity contribution in [2.45, 2.75) is 51.6 Å².